The van der Waals surface area contributed by atoms with Crippen LogP contribution in [0.1, 0.15) is 94.8 Å². The van der Waals surface area contributed by atoms with Gasteiger partial charge in [0.2, 0.25) is 0 Å². The van der Waals surface area contributed by atoms with Gasteiger partial charge in [-0.2, -0.15) is 0 Å². The summed E-state index contributed by atoms with van der Waals surface area (Å²) in [5, 5.41) is 12.2. The van der Waals surface area contributed by atoms with Crippen molar-refractivity contribution in [3.05, 3.63) is 48.3 Å². The Morgan fingerprint density at radius 3 is 2.24 bits per heavy atom. The first-order valence-electron chi connectivity index (χ1n) is 14.5. The van der Waals surface area contributed by atoms with Gasteiger partial charge in [0.25, 0.3) is 0 Å². The Morgan fingerprint density at radius 2 is 1.54 bits per heavy atom. The molecule has 37 heavy (non-hydrogen) atoms. The molecule has 0 amide bonds. The van der Waals surface area contributed by atoms with E-state index in [1.807, 2.05) is 12.5 Å². The number of rotatable bonds is 2. The van der Waals surface area contributed by atoms with Crippen LogP contribution in [-0.2, 0) is 10.8 Å². The standard InChI is InChI=1S/C30H42N2O4S/c1-20-3-5-26(22-9-13-35-15-22)31-18-30(12-8-24(20)31)17-29(19-37(30)34)11-7-25-21(2)4-6-27(32(25)28(29)33)23-10-14-36-16-23/h9-10,13-16,20-21,24-28,33H,3-8,11-12,17-19H2,1-2H3/t20-,21-,24+,25+,26+,27+,28-,29-,30-,37-/m1/s1. The third kappa shape index (κ3) is 3.78. The molecule has 0 aliphatic carbocycles. The average molecular weight is 527 g/mol. The van der Waals surface area contributed by atoms with E-state index in [0.29, 0.717) is 35.7 Å². The first-order chi connectivity index (χ1) is 17.9. The molecule has 2 aromatic heterocycles. The first-order valence-corrected chi connectivity index (χ1v) is 15.9. The van der Waals surface area contributed by atoms with Gasteiger partial charge in [0.1, 0.15) is 6.23 Å². The Balaban J connectivity index is 1.19. The summed E-state index contributed by atoms with van der Waals surface area (Å²) in [5.41, 5.74) is 2.14. The molecule has 5 fully saturated rings. The molecule has 1 N–H and O–H groups in total. The van der Waals surface area contributed by atoms with Crippen molar-refractivity contribution in [2.45, 2.75) is 107 Å². The van der Waals surface area contributed by atoms with Crippen LogP contribution >= 0.6 is 0 Å². The Bertz CT molecular complexity index is 1120. The average Bonchev–Trinajstić information content (AvgIpc) is 3.65. The molecule has 0 unspecified atom stereocenters. The second-order valence-corrected chi connectivity index (χ2v) is 15.0. The number of aliphatic hydroxyl groups is 1. The van der Waals surface area contributed by atoms with E-state index in [1.165, 1.54) is 24.0 Å². The third-order valence-electron chi connectivity index (χ3n) is 11.2. The highest BCUT2D eigenvalue weighted by Gasteiger charge is 2.63. The van der Waals surface area contributed by atoms with Crippen LogP contribution in [0.3, 0.4) is 0 Å². The van der Waals surface area contributed by atoms with Gasteiger partial charge in [-0.25, -0.2) is 0 Å². The maximum absolute atomic E-state index is 14.2. The van der Waals surface area contributed by atoms with Gasteiger partial charge in [-0.1, -0.05) is 13.8 Å². The van der Waals surface area contributed by atoms with Crippen LogP contribution in [0.2, 0.25) is 0 Å². The summed E-state index contributed by atoms with van der Waals surface area (Å²) < 4.78 is 24.9. The summed E-state index contributed by atoms with van der Waals surface area (Å²) in [5.74, 6) is 1.86. The molecule has 0 aromatic carbocycles. The highest BCUT2D eigenvalue weighted by Crippen LogP contribution is 2.58. The number of aliphatic hydroxyl groups excluding tert-OH is 1. The Hall–Kier alpha value is -1.41. The quantitative estimate of drug-likeness (QED) is 0.546. The lowest BCUT2D eigenvalue weighted by molar-refractivity contribution is -0.182. The van der Waals surface area contributed by atoms with Crippen molar-refractivity contribution >= 4 is 10.8 Å². The monoisotopic (exact) mass is 526 g/mol. The lowest BCUT2D eigenvalue weighted by Gasteiger charge is -2.57. The minimum atomic E-state index is -0.953. The predicted molar refractivity (Wildman–Crippen MR) is 143 cm³/mol. The lowest BCUT2D eigenvalue weighted by Crippen LogP contribution is -2.62. The van der Waals surface area contributed by atoms with Crippen molar-refractivity contribution < 1.29 is 18.1 Å². The van der Waals surface area contributed by atoms with E-state index in [1.54, 1.807) is 12.5 Å². The number of nitrogens with zero attached hydrogens (tertiary/aromatic N) is 2. The van der Waals surface area contributed by atoms with Crippen LogP contribution in [0.25, 0.3) is 0 Å². The van der Waals surface area contributed by atoms with Crippen LogP contribution in [-0.4, -0.2) is 54.5 Å². The Labute approximate surface area is 223 Å². The molecule has 7 heteroatoms. The highest BCUT2D eigenvalue weighted by atomic mass is 32.2. The van der Waals surface area contributed by atoms with E-state index < -0.39 is 17.0 Å². The van der Waals surface area contributed by atoms with Gasteiger partial charge in [-0.3, -0.25) is 14.0 Å². The van der Waals surface area contributed by atoms with Gasteiger partial charge in [0, 0.05) is 63.8 Å². The zero-order chi connectivity index (χ0) is 25.4. The van der Waals surface area contributed by atoms with Crippen molar-refractivity contribution in [1.29, 1.82) is 0 Å². The maximum Gasteiger partial charge on any atom is 0.114 e. The summed E-state index contributed by atoms with van der Waals surface area (Å²) in [6.45, 7) is 5.62. The number of piperidine rings is 4. The van der Waals surface area contributed by atoms with E-state index in [4.69, 9.17) is 8.83 Å². The highest BCUT2D eigenvalue weighted by molar-refractivity contribution is 7.86. The second-order valence-electron chi connectivity index (χ2n) is 13.2. The lowest BCUT2D eigenvalue weighted by atomic mass is 9.66. The molecule has 5 saturated heterocycles. The molecular weight excluding hydrogens is 484 g/mol. The van der Waals surface area contributed by atoms with E-state index in [2.05, 4.69) is 35.8 Å². The predicted octanol–water partition coefficient (Wildman–Crippen LogP) is 5.64. The molecular formula is C30H42N2O4S. The van der Waals surface area contributed by atoms with Gasteiger partial charge in [0.05, 0.1) is 29.8 Å². The summed E-state index contributed by atoms with van der Waals surface area (Å²) in [4.78, 5) is 5.11. The molecule has 0 saturated carbocycles. The Kier molecular flexibility index (Phi) is 6.04. The molecule has 5 aliphatic rings. The molecule has 10 atom stereocenters. The molecule has 5 aliphatic heterocycles. The van der Waals surface area contributed by atoms with Crippen LogP contribution in [0.5, 0.6) is 0 Å². The van der Waals surface area contributed by atoms with Crippen molar-refractivity contribution in [1.82, 2.24) is 9.80 Å². The maximum atomic E-state index is 14.2. The fourth-order valence-electron chi connectivity index (χ4n) is 9.26. The normalized spacial score (nSPS) is 46.8. The smallest absolute Gasteiger partial charge is 0.114 e. The van der Waals surface area contributed by atoms with Gasteiger partial charge in [-0.15, -0.1) is 0 Å². The van der Waals surface area contributed by atoms with Crippen molar-refractivity contribution in [2.75, 3.05) is 12.3 Å². The number of hydrogen-bond acceptors (Lipinski definition) is 6. The topological polar surface area (TPSA) is 70.1 Å². The summed E-state index contributed by atoms with van der Waals surface area (Å²) in [7, 11) is -0.953. The fourth-order valence-corrected chi connectivity index (χ4v) is 11.6. The summed E-state index contributed by atoms with van der Waals surface area (Å²) in [6, 6.07) is 5.63. The number of hydrogen-bond donors (Lipinski definition) is 1. The van der Waals surface area contributed by atoms with Crippen LogP contribution < -0.4 is 0 Å². The van der Waals surface area contributed by atoms with Crippen molar-refractivity contribution in [3.63, 3.8) is 0 Å². The van der Waals surface area contributed by atoms with Crippen LogP contribution in [0, 0.1) is 17.3 Å². The number of fused-ring (bicyclic) bond motifs is 2. The van der Waals surface area contributed by atoms with Crippen molar-refractivity contribution in [2.24, 2.45) is 17.3 Å². The zero-order valence-corrected chi connectivity index (χ0v) is 23.1. The minimum Gasteiger partial charge on any atom is -0.472 e. The largest absolute Gasteiger partial charge is 0.472 e. The van der Waals surface area contributed by atoms with Gasteiger partial charge >= 0.3 is 0 Å². The molecule has 7 heterocycles. The zero-order valence-electron chi connectivity index (χ0n) is 22.3. The summed E-state index contributed by atoms with van der Waals surface area (Å²) in [6.07, 6.45) is 16.4. The fraction of sp³-hybridized carbons (Fsp3) is 0.733. The molecule has 0 radical (unpaired) electrons. The molecule has 0 bridgehead atoms. The SMILES string of the molecule is C[C@@H]1CC[C@@H](c2ccoc2)N2C[C@@]3(CC[C@@H]12)C[C@]1(CC[C@H]2[C@H](C)CC[C@@H](c4ccoc4)N2[C@@H]1O)C[S@]3=O. The van der Waals surface area contributed by atoms with E-state index in [9.17, 15) is 9.32 Å². The molecule has 2 spiro atoms. The van der Waals surface area contributed by atoms with Crippen LogP contribution in [0.15, 0.2) is 46.0 Å². The molecule has 2 aromatic rings. The summed E-state index contributed by atoms with van der Waals surface area (Å²) >= 11 is 0. The van der Waals surface area contributed by atoms with Crippen LogP contribution in [0.4, 0.5) is 0 Å². The van der Waals surface area contributed by atoms with Gasteiger partial charge in [-0.05, 0) is 81.8 Å². The number of furan rings is 2. The van der Waals surface area contributed by atoms with E-state index in [0.717, 1.165) is 51.5 Å². The molecule has 202 valence electrons. The Morgan fingerprint density at radius 1 is 0.892 bits per heavy atom. The molecule has 6 nitrogen and oxygen atoms in total. The van der Waals surface area contributed by atoms with Gasteiger partial charge < -0.3 is 13.9 Å². The first kappa shape index (κ1) is 24.6. The van der Waals surface area contributed by atoms with Gasteiger partial charge in [0.15, 0.2) is 0 Å². The second kappa shape index (κ2) is 9.07. The van der Waals surface area contributed by atoms with Crippen molar-refractivity contribution in [3.8, 4) is 0 Å². The third-order valence-corrected chi connectivity index (χ3v) is 13.5. The minimum absolute atomic E-state index is 0.182. The van der Waals surface area contributed by atoms with E-state index in [-0.39, 0.29) is 16.2 Å². The van der Waals surface area contributed by atoms with E-state index >= 15 is 0 Å². The molecule has 7 rings (SSSR count).